The molecule has 2 aromatic rings. The van der Waals surface area contributed by atoms with Crippen molar-refractivity contribution in [3.05, 3.63) is 53.1 Å². The Hall–Kier alpha value is -2.40. The molecule has 0 radical (unpaired) electrons. The summed E-state index contributed by atoms with van der Waals surface area (Å²) in [5.74, 6) is 1.57. The molecule has 1 N–H and O–H groups in total. The molecular formula is C18H20ClNO4. The fraction of sp³-hybridized carbons (Fsp3) is 0.278. The number of methoxy groups -OCH3 is 2. The van der Waals surface area contributed by atoms with E-state index in [1.165, 1.54) is 0 Å². The minimum Gasteiger partial charge on any atom is -0.497 e. The Morgan fingerprint density at radius 2 is 1.88 bits per heavy atom. The maximum Gasteiger partial charge on any atom is 0.261 e. The van der Waals surface area contributed by atoms with Gasteiger partial charge in [0.25, 0.3) is 5.91 Å². The molecule has 6 heteroatoms. The van der Waals surface area contributed by atoms with Gasteiger partial charge in [-0.1, -0.05) is 23.7 Å². The second kappa shape index (κ2) is 8.45. The van der Waals surface area contributed by atoms with E-state index in [1.807, 2.05) is 12.1 Å². The molecule has 0 aliphatic heterocycles. The van der Waals surface area contributed by atoms with E-state index in [1.54, 1.807) is 51.5 Å². The fourth-order valence-corrected chi connectivity index (χ4v) is 2.29. The van der Waals surface area contributed by atoms with Crippen molar-refractivity contribution < 1.29 is 19.0 Å². The molecule has 0 spiro atoms. The molecule has 0 bridgehead atoms. The number of amides is 1. The summed E-state index contributed by atoms with van der Waals surface area (Å²) in [6, 6.07) is 12.5. The van der Waals surface area contributed by atoms with Crippen molar-refractivity contribution in [2.24, 2.45) is 0 Å². The Balaban J connectivity index is 1.96. The van der Waals surface area contributed by atoms with Crippen molar-refractivity contribution in [1.29, 1.82) is 0 Å². The Labute approximate surface area is 146 Å². The quantitative estimate of drug-likeness (QED) is 0.832. The Morgan fingerprint density at radius 3 is 2.54 bits per heavy atom. The van der Waals surface area contributed by atoms with E-state index in [-0.39, 0.29) is 5.91 Å². The van der Waals surface area contributed by atoms with Crippen molar-refractivity contribution in [2.75, 3.05) is 14.2 Å². The van der Waals surface area contributed by atoms with Gasteiger partial charge in [-0.2, -0.15) is 0 Å². The van der Waals surface area contributed by atoms with Crippen LogP contribution in [0.15, 0.2) is 42.5 Å². The maximum absolute atomic E-state index is 12.2. The van der Waals surface area contributed by atoms with Gasteiger partial charge in [0.05, 0.1) is 19.2 Å². The average molecular weight is 350 g/mol. The van der Waals surface area contributed by atoms with Crippen LogP contribution >= 0.6 is 11.6 Å². The van der Waals surface area contributed by atoms with Crippen LogP contribution in [-0.2, 0) is 11.3 Å². The molecule has 0 saturated heterocycles. The van der Waals surface area contributed by atoms with Crippen LogP contribution in [0, 0.1) is 0 Å². The maximum atomic E-state index is 12.2. The normalized spacial score (nSPS) is 11.5. The second-order valence-electron chi connectivity index (χ2n) is 5.09. The number of carbonyl (C=O) groups excluding carboxylic acids is 1. The van der Waals surface area contributed by atoms with Gasteiger partial charge < -0.3 is 19.5 Å². The SMILES string of the molecule is COc1ccc(CNC(=O)C(C)Oc2ccccc2Cl)c(OC)c1. The van der Waals surface area contributed by atoms with Crippen LogP contribution in [0.25, 0.3) is 0 Å². The first-order valence-corrected chi connectivity index (χ1v) is 7.82. The summed E-state index contributed by atoms with van der Waals surface area (Å²) in [6.45, 7) is 1.99. The van der Waals surface area contributed by atoms with E-state index in [2.05, 4.69) is 5.32 Å². The molecule has 0 heterocycles. The lowest BCUT2D eigenvalue weighted by atomic mass is 10.2. The number of halogens is 1. The monoisotopic (exact) mass is 349 g/mol. The molecule has 1 atom stereocenters. The molecule has 1 unspecified atom stereocenters. The minimum atomic E-state index is -0.672. The van der Waals surface area contributed by atoms with Gasteiger partial charge >= 0.3 is 0 Å². The van der Waals surface area contributed by atoms with Crippen molar-refractivity contribution in [1.82, 2.24) is 5.32 Å². The smallest absolute Gasteiger partial charge is 0.261 e. The molecule has 128 valence electrons. The number of benzene rings is 2. The topological polar surface area (TPSA) is 56.8 Å². The van der Waals surface area contributed by atoms with Gasteiger partial charge in [-0.25, -0.2) is 0 Å². The molecule has 5 nitrogen and oxygen atoms in total. The van der Waals surface area contributed by atoms with Crippen LogP contribution in [0.3, 0.4) is 0 Å². The highest BCUT2D eigenvalue weighted by atomic mass is 35.5. The minimum absolute atomic E-state index is 0.243. The van der Waals surface area contributed by atoms with E-state index >= 15 is 0 Å². The lowest BCUT2D eigenvalue weighted by Crippen LogP contribution is -2.36. The van der Waals surface area contributed by atoms with Crippen molar-refractivity contribution in [3.63, 3.8) is 0 Å². The van der Waals surface area contributed by atoms with Crippen LogP contribution in [0.2, 0.25) is 5.02 Å². The third-order valence-corrected chi connectivity index (χ3v) is 3.77. The highest BCUT2D eigenvalue weighted by molar-refractivity contribution is 6.32. The highest BCUT2D eigenvalue weighted by Crippen LogP contribution is 2.25. The first-order valence-electron chi connectivity index (χ1n) is 7.45. The highest BCUT2D eigenvalue weighted by Gasteiger charge is 2.16. The second-order valence-corrected chi connectivity index (χ2v) is 5.49. The zero-order valence-electron chi connectivity index (χ0n) is 13.8. The third kappa shape index (κ3) is 4.55. The van der Waals surface area contributed by atoms with Gasteiger partial charge in [0.2, 0.25) is 0 Å². The summed E-state index contributed by atoms with van der Waals surface area (Å²) in [6.07, 6.45) is -0.672. The standard InChI is InChI=1S/C18H20ClNO4/c1-12(24-16-7-5-4-6-15(16)19)18(21)20-11-13-8-9-14(22-2)10-17(13)23-3/h4-10,12H,11H2,1-3H3,(H,20,21). The van der Waals surface area contributed by atoms with Crippen LogP contribution < -0.4 is 19.5 Å². The zero-order chi connectivity index (χ0) is 17.5. The Bertz CT molecular complexity index is 705. The first-order chi connectivity index (χ1) is 11.5. The number of carbonyl (C=O) groups is 1. The average Bonchev–Trinajstić information content (AvgIpc) is 2.61. The molecule has 24 heavy (non-hydrogen) atoms. The lowest BCUT2D eigenvalue weighted by Gasteiger charge is -2.16. The molecule has 0 aliphatic rings. The van der Waals surface area contributed by atoms with E-state index in [4.69, 9.17) is 25.8 Å². The number of para-hydroxylation sites is 1. The number of hydrogen-bond donors (Lipinski definition) is 1. The predicted molar refractivity (Wildman–Crippen MR) is 92.9 cm³/mol. The number of hydrogen-bond acceptors (Lipinski definition) is 4. The fourth-order valence-electron chi connectivity index (χ4n) is 2.11. The zero-order valence-corrected chi connectivity index (χ0v) is 14.6. The summed E-state index contributed by atoms with van der Waals surface area (Å²) in [5.41, 5.74) is 0.844. The molecule has 1 amide bonds. The molecule has 0 aromatic heterocycles. The van der Waals surface area contributed by atoms with Gasteiger partial charge in [0.15, 0.2) is 6.10 Å². The van der Waals surface area contributed by atoms with Crippen molar-refractivity contribution in [2.45, 2.75) is 19.6 Å². The van der Waals surface area contributed by atoms with Gasteiger partial charge in [-0.3, -0.25) is 4.79 Å². The van der Waals surface area contributed by atoms with E-state index in [0.717, 1.165) is 5.56 Å². The molecule has 0 aliphatic carbocycles. The van der Waals surface area contributed by atoms with Gasteiger partial charge in [0, 0.05) is 18.2 Å². The van der Waals surface area contributed by atoms with Gasteiger partial charge in [-0.05, 0) is 31.2 Å². The summed E-state index contributed by atoms with van der Waals surface area (Å²) >= 11 is 6.03. The first kappa shape index (κ1) is 17.9. The van der Waals surface area contributed by atoms with Crippen LogP contribution in [0.4, 0.5) is 0 Å². The predicted octanol–water partition coefficient (Wildman–Crippen LogP) is 3.44. The molecular weight excluding hydrogens is 330 g/mol. The Kier molecular flexibility index (Phi) is 6.32. The largest absolute Gasteiger partial charge is 0.497 e. The summed E-state index contributed by atoms with van der Waals surface area (Å²) in [4.78, 5) is 12.2. The van der Waals surface area contributed by atoms with Gasteiger partial charge in [-0.15, -0.1) is 0 Å². The molecule has 0 saturated carbocycles. The number of nitrogens with one attached hydrogen (secondary N) is 1. The molecule has 2 rings (SSSR count). The van der Waals surface area contributed by atoms with E-state index < -0.39 is 6.10 Å². The Morgan fingerprint density at radius 1 is 1.12 bits per heavy atom. The number of rotatable bonds is 7. The molecule has 0 fully saturated rings. The third-order valence-electron chi connectivity index (χ3n) is 3.46. The van der Waals surface area contributed by atoms with E-state index in [9.17, 15) is 4.79 Å². The van der Waals surface area contributed by atoms with E-state index in [0.29, 0.717) is 28.8 Å². The van der Waals surface area contributed by atoms with Crippen LogP contribution in [-0.4, -0.2) is 26.2 Å². The summed E-state index contributed by atoms with van der Waals surface area (Å²) < 4.78 is 16.1. The van der Waals surface area contributed by atoms with Crippen molar-refractivity contribution >= 4 is 17.5 Å². The lowest BCUT2D eigenvalue weighted by molar-refractivity contribution is -0.127. The van der Waals surface area contributed by atoms with Crippen LogP contribution in [0.5, 0.6) is 17.2 Å². The molecule has 2 aromatic carbocycles. The van der Waals surface area contributed by atoms with Gasteiger partial charge in [0.1, 0.15) is 17.2 Å². The van der Waals surface area contributed by atoms with Crippen molar-refractivity contribution in [3.8, 4) is 17.2 Å². The van der Waals surface area contributed by atoms with Crippen LogP contribution in [0.1, 0.15) is 12.5 Å². The summed E-state index contributed by atoms with van der Waals surface area (Å²) in [7, 11) is 3.16. The summed E-state index contributed by atoms with van der Waals surface area (Å²) in [5, 5.41) is 3.29. The number of ether oxygens (including phenoxy) is 3.